The van der Waals surface area contributed by atoms with Gasteiger partial charge >= 0.3 is 0 Å². The maximum atomic E-state index is 6.30. The Bertz CT molecular complexity index is 2490. The van der Waals surface area contributed by atoms with E-state index in [1.165, 1.54) is 0 Å². The van der Waals surface area contributed by atoms with Crippen molar-refractivity contribution in [2.45, 2.75) is 0 Å². The SMILES string of the molecule is c1ccc(-c2nc(-c3ccc(-c4cccc5c4oc4ccccc45)cc3)nc(-c3cccc4oc5ccccc5c34)n2)cc1. The highest BCUT2D eigenvalue weighted by Crippen LogP contribution is 2.38. The van der Waals surface area contributed by atoms with E-state index in [1.54, 1.807) is 0 Å². The number of benzene rings is 6. The van der Waals surface area contributed by atoms with Crippen molar-refractivity contribution in [1.82, 2.24) is 15.0 Å². The van der Waals surface area contributed by atoms with E-state index in [1.807, 2.05) is 78.9 Å². The van der Waals surface area contributed by atoms with Gasteiger partial charge in [-0.05, 0) is 23.8 Å². The maximum absolute atomic E-state index is 6.30. The smallest absolute Gasteiger partial charge is 0.164 e. The molecule has 0 radical (unpaired) electrons. The molecule has 3 heterocycles. The third kappa shape index (κ3) is 3.91. The van der Waals surface area contributed by atoms with Gasteiger partial charge in [-0.2, -0.15) is 0 Å². The van der Waals surface area contributed by atoms with Crippen molar-refractivity contribution in [3.63, 3.8) is 0 Å². The summed E-state index contributed by atoms with van der Waals surface area (Å²) < 4.78 is 12.5. The van der Waals surface area contributed by atoms with E-state index in [0.717, 1.165) is 71.7 Å². The monoisotopic (exact) mass is 565 g/mol. The fourth-order valence-corrected chi connectivity index (χ4v) is 6.08. The van der Waals surface area contributed by atoms with Crippen molar-refractivity contribution >= 4 is 43.9 Å². The Hall–Kier alpha value is -6.07. The Morgan fingerprint density at radius 2 is 0.886 bits per heavy atom. The van der Waals surface area contributed by atoms with E-state index >= 15 is 0 Å². The number of aromatic nitrogens is 3. The number of hydrogen-bond acceptors (Lipinski definition) is 5. The van der Waals surface area contributed by atoms with Crippen LogP contribution in [0.5, 0.6) is 0 Å². The first kappa shape index (κ1) is 24.5. The minimum Gasteiger partial charge on any atom is -0.456 e. The third-order valence-corrected chi connectivity index (χ3v) is 8.17. The summed E-state index contributed by atoms with van der Waals surface area (Å²) in [5.74, 6) is 1.82. The Morgan fingerprint density at radius 1 is 0.341 bits per heavy atom. The molecule has 9 aromatic rings. The van der Waals surface area contributed by atoms with Crippen LogP contribution in [0.1, 0.15) is 0 Å². The van der Waals surface area contributed by atoms with Crippen LogP contribution in [0.2, 0.25) is 0 Å². The average Bonchev–Trinajstić information content (AvgIpc) is 3.67. The molecule has 0 fully saturated rings. The van der Waals surface area contributed by atoms with E-state index < -0.39 is 0 Å². The number of nitrogens with zero attached hydrogens (tertiary/aromatic N) is 3. The molecule has 0 aliphatic rings. The van der Waals surface area contributed by atoms with Crippen molar-refractivity contribution < 1.29 is 8.83 Å². The molecule has 6 aromatic carbocycles. The number of hydrogen-bond donors (Lipinski definition) is 0. The number of fused-ring (bicyclic) bond motifs is 6. The molecule has 0 atom stereocenters. The topological polar surface area (TPSA) is 65.0 Å². The highest BCUT2D eigenvalue weighted by molar-refractivity contribution is 6.12. The van der Waals surface area contributed by atoms with Crippen LogP contribution in [0.25, 0.3) is 89.2 Å². The van der Waals surface area contributed by atoms with Crippen molar-refractivity contribution in [2.24, 2.45) is 0 Å². The molecule has 5 nitrogen and oxygen atoms in total. The van der Waals surface area contributed by atoms with Crippen molar-refractivity contribution in [2.75, 3.05) is 0 Å². The van der Waals surface area contributed by atoms with E-state index in [9.17, 15) is 0 Å². The van der Waals surface area contributed by atoms with E-state index in [0.29, 0.717) is 17.5 Å². The lowest BCUT2D eigenvalue weighted by atomic mass is 10.0. The fourth-order valence-electron chi connectivity index (χ4n) is 6.08. The molecule has 0 amide bonds. The molecule has 3 aromatic heterocycles. The Balaban J connectivity index is 1.20. The molecular weight excluding hydrogens is 542 g/mol. The zero-order valence-corrected chi connectivity index (χ0v) is 23.4. The molecule has 0 N–H and O–H groups in total. The van der Waals surface area contributed by atoms with E-state index in [-0.39, 0.29) is 0 Å². The first-order chi connectivity index (χ1) is 21.8. The van der Waals surface area contributed by atoms with Gasteiger partial charge in [0.25, 0.3) is 0 Å². The van der Waals surface area contributed by atoms with Gasteiger partial charge in [0.1, 0.15) is 22.3 Å². The first-order valence-corrected chi connectivity index (χ1v) is 14.5. The molecule has 0 bridgehead atoms. The van der Waals surface area contributed by atoms with Crippen LogP contribution >= 0.6 is 0 Å². The van der Waals surface area contributed by atoms with Crippen LogP contribution in [0.4, 0.5) is 0 Å². The molecular formula is C39H23N3O2. The number of furan rings is 2. The first-order valence-electron chi connectivity index (χ1n) is 14.5. The van der Waals surface area contributed by atoms with Crippen LogP contribution in [-0.2, 0) is 0 Å². The second-order valence-corrected chi connectivity index (χ2v) is 10.8. The van der Waals surface area contributed by atoms with Crippen LogP contribution in [-0.4, -0.2) is 15.0 Å². The van der Waals surface area contributed by atoms with Gasteiger partial charge in [-0.15, -0.1) is 0 Å². The summed E-state index contributed by atoms with van der Waals surface area (Å²) >= 11 is 0. The van der Waals surface area contributed by atoms with E-state index in [4.69, 9.17) is 23.8 Å². The molecule has 0 aliphatic heterocycles. The van der Waals surface area contributed by atoms with Gasteiger partial charge in [-0.3, -0.25) is 0 Å². The van der Waals surface area contributed by atoms with Crippen molar-refractivity contribution in [3.8, 4) is 45.3 Å². The average molecular weight is 566 g/mol. The van der Waals surface area contributed by atoms with Gasteiger partial charge in [0, 0.05) is 43.8 Å². The minimum absolute atomic E-state index is 0.599. The number of para-hydroxylation sites is 3. The summed E-state index contributed by atoms with van der Waals surface area (Å²) in [5, 5.41) is 4.25. The molecule has 9 rings (SSSR count). The molecule has 0 saturated carbocycles. The van der Waals surface area contributed by atoms with Crippen molar-refractivity contribution in [1.29, 1.82) is 0 Å². The van der Waals surface area contributed by atoms with Crippen molar-refractivity contribution in [3.05, 3.63) is 140 Å². The van der Waals surface area contributed by atoms with Gasteiger partial charge in [0.05, 0.1) is 0 Å². The lowest BCUT2D eigenvalue weighted by molar-refractivity contribution is 0.669. The summed E-state index contributed by atoms with van der Waals surface area (Å²) in [6, 6.07) is 46.9. The van der Waals surface area contributed by atoms with Crippen LogP contribution in [0.3, 0.4) is 0 Å². The minimum atomic E-state index is 0.599. The second kappa shape index (κ2) is 9.75. The number of rotatable bonds is 4. The van der Waals surface area contributed by atoms with E-state index in [2.05, 4.69) is 60.7 Å². The zero-order valence-electron chi connectivity index (χ0n) is 23.4. The normalized spacial score (nSPS) is 11.6. The van der Waals surface area contributed by atoms with Gasteiger partial charge in [-0.1, -0.05) is 121 Å². The predicted molar refractivity (Wildman–Crippen MR) is 176 cm³/mol. The zero-order chi connectivity index (χ0) is 29.0. The third-order valence-electron chi connectivity index (χ3n) is 8.17. The van der Waals surface area contributed by atoms with Gasteiger partial charge in [0.2, 0.25) is 0 Å². The van der Waals surface area contributed by atoms with Crippen LogP contribution < -0.4 is 0 Å². The van der Waals surface area contributed by atoms with Crippen LogP contribution in [0.15, 0.2) is 148 Å². The lowest BCUT2D eigenvalue weighted by Crippen LogP contribution is -2.00. The highest BCUT2D eigenvalue weighted by atomic mass is 16.3. The molecule has 0 spiro atoms. The summed E-state index contributed by atoms with van der Waals surface area (Å²) in [4.78, 5) is 15.0. The Labute approximate surface area is 252 Å². The molecule has 0 unspecified atom stereocenters. The van der Waals surface area contributed by atoms with Gasteiger partial charge < -0.3 is 8.83 Å². The molecule has 206 valence electrons. The summed E-state index contributed by atoms with van der Waals surface area (Å²) in [6.07, 6.45) is 0. The Morgan fingerprint density at radius 3 is 1.68 bits per heavy atom. The fraction of sp³-hybridized carbons (Fsp3) is 0. The Kier molecular flexibility index (Phi) is 5.43. The molecule has 0 aliphatic carbocycles. The molecule has 5 heteroatoms. The molecule has 0 saturated heterocycles. The van der Waals surface area contributed by atoms with Gasteiger partial charge in [-0.25, -0.2) is 15.0 Å². The van der Waals surface area contributed by atoms with Gasteiger partial charge in [0.15, 0.2) is 17.5 Å². The quantitative estimate of drug-likeness (QED) is 0.212. The maximum Gasteiger partial charge on any atom is 0.164 e. The summed E-state index contributed by atoms with van der Waals surface area (Å²) in [5.41, 5.74) is 8.25. The molecule has 44 heavy (non-hydrogen) atoms. The predicted octanol–water partition coefficient (Wildman–Crippen LogP) is 10.3. The standard InChI is InChI=1S/C39H23N3O2/c1-2-10-25(11-3-1)37-40-38(42-39(41-37)31-16-9-19-34-35(31)30-13-5-7-18-33(30)43-34)26-22-20-24(21-23-26)27-14-8-15-29-28-12-4-6-17-32(28)44-36(27)29/h1-23H. The highest BCUT2D eigenvalue weighted by Gasteiger charge is 2.18. The lowest BCUT2D eigenvalue weighted by Gasteiger charge is -2.10. The second-order valence-electron chi connectivity index (χ2n) is 10.8. The summed E-state index contributed by atoms with van der Waals surface area (Å²) in [7, 11) is 0. The summed E-state index contributed by atoms with van der Waals surface area (Å²) in [6.45, 7) is 0. The van der Waals surface area contributed by atoms with Crippen LogP contribution in [0, 0.1) is 0 Å². The largest absolute Gasteiger partial charge is 0.456 e.